The van der Waals surface area contributed by atoms with Gasteiger partial charge in [0.25, 0.3) is 5.91 Å². The SMILES string of the molecule is CCNC(=O)c1ccc(C(=O)OC)c(P(C)C)c1. The molecule has 0 aliphatic carbocycles. The van der Waals surface area contributed by atoms with Crippen molar-refractivity contribution >= 4 is 25.1 Å². The van der Waals surface area contributed by atoms with Gasteiger partial charge in [0, 0.05) is 12.1 Å². The zero-order chi connectivity index (χ0) is 13.7. The molecule has 0 heterocycles. The molecule has 0 aliphatic rings. The number of methoxy groups -OCH3 is 1. The molecule has 0 saturated heterocycles. The Hall–Kier alpha value is -1.41. The molecule has 0 spiro atoms. The smallest absolute Gasteiger partial charge is 0.338 e. The Balaban J connectivity index is 3.19. The molecular formula is C13H18NO3P. The first-order chi connectivity index (χ1) is 8.51. The maximum Gasteiger partial charge on any atom is 0.338 e. The first kappa shape index (κ1) is 14.7. The fraction of sp³-hybridized carbons (Fsp3) is 0.385. The predicted molar refractivity (Wildman–Crippen MR) is 74.2 cm³/mol. The summed E-state index contributed by atoms with van der Waals surface area (Å²) in [6, 6.07) is 5.09. The number of nitrogens with one attached hydrogen (secondary N) is 1. The van der Waals surface area contributed by atoms with Crippen LogP contribution in [0.25, 0.3) is 0 Å². The number of hydrogen-bond donors (Lipinski definition) is 1. The molecule has 1 amide bonds. The highest BCUT2D eigenvalue weighted by Gasteiger charge is 2.16. The Morgan fingerprint density at radius 2 is 2.00 bits per heavy atom. The third-order valence-corrected chi connectivity index (χ3v) is 3.82. The van der Waals surface area contributed by atoms with E-state index in [1.807, 2.05) is 20.3 Å². The molecule has 5 heteroatoms. The third kappa shape index (κ3) is 3.30. The summed E-state index contributed by atoms with van der Waals surface area (Å²) in [6.45, 7) is 6.53. The minimum atomic E-state index is -0.486. The van der Waals surface area contributed by atoms with Crippen molar-refractivity contribution in [2.24, 2.45) is 0 Å². The number of ether oxygens (including phenoxy) is 1. The van der Waals surface area contributed by atoms with Crippen LogP contribution in [0.5, 0.6) is 0 Å². The second kappa shape index (κ2) is 6.50. The molecule has 18 heavy (non-hydrogen) atoms. The van der Waals surface area contributed by atoms with Crippen LogP contribution >= 0.6 is 7.92 Å². The van der Waals surface area contributed by atoms with Gasteiger partial charge in [-0.05, 0) is 43.8 Å². The van der Waals surface area contributed by atoms with Crippen LogP contribution in [0.4, 0.5) is 0 Å². The minimum Gasteiger partial charge on any atom is -0.465 e. The van der Waals surface area contributed by atoms with Gasteiger partial charge >= 0.3 is 5.97 Å². The quantitative estimate of drug-likeness (QED) is 0.665. The molecule has 0 aromatic heterocycles. The first-order valence-electron chi connectivity index (χ1n) is 5.69. The van der Waals surface area contributed by atoms with Gasteiger partial charge < -0.3 is 10.1 Å². The summed E-state index contributed by atoms with van der Waals surface area (Å²) in [4.78, 5) is 23.4. The molecule has 1 N–H and O–H groups in total. The van der Waals surface area contributed by atoms with Crippen molar-refractivity contribution in [1.82, 2.24) is 5.32 Å². The lowest BCUT2D eigenvalue weighted by Gasteiger charge is -2.13. The van der Waals surface area contributed by atoms with E-state index in [1.165, 1.54) is 7.11 Å². The van der Waals surface area contributed by atoms with E-state index >= 15 is 0 Å². The fourth-order valence-corrected chi connectivity index (χ4v) is 2.63. The van der Waals surface area contributed by atoms with E-state index in [0.717, 1.165) is 5.30 Å². The highest BCUT2D eigenvalue weighted by atomic mass is 31.1. The molecule has 4 nitrogen and oxygen atoms in total. The molecule has 1 aromatic rings. The lowest BCUT2D eigenvalue weighted by molar-refractivity contribution is 0.0602. The van der Waals surface area contributed by atoms with Crippen LogP contribution in [0.15, 0.2) is 18.2 Å². The van der Waals surface area contributed by atoms with E-state index in [2.05, 4.69) is 5.32 Å². The molecular weight excluding hydrogens is 249 g/mol. The highest BCUT2D eigenvalue weighted by molar-refractivity contribution is 7.64. The maximum atomic E-state index is 11.8. The van der Waals surface area contributed by atoms with Gasteiger partial charge in [-0.1, -0.05) is 7.92 Å². The molecule has 0 atom stereocenters. The molecule has 0 saturated carbocycles. The summed E-state index contributed by atoms with van der Waals surface area (Å²) >= 11 is 0. The molecule has 0 fully saturated rings. The van der Waals surface area contributed by atoms with Gasteiger partial charge in [-0.15, -0.1) is 0 Å². The summed E-state index contributed by atoms with van der Waals surface area (Å²) < 4.78 is 4.75. The molecule has 1 aromatic carbocycles. The Kier molecular flexibility index (Phi) is 5.29. The molecule has 98 valence electrons. The second-order valence-electron chi connectivity index (χ2n) is 3.98. The molecule has 0 aliphatic heterocycles. The highest BCUT2D eigenvalue weighted by Crippen LogP contribution is 2.26. The monoisotopic (exact) mass is 267 g/mol. The van der Waals surface area contributed by atoms with E-state index in [0.29, 0.717) is 17.7 Å². The van der Waals surface area contributed by atoms with Crippen molar-refractivity contribution in [2.45, 2.75) is 6.92 Å². The van der Waals surface area contributed by atoms with E-state index in [4.69, 9.17) is 4.74 Å². The third-order valence-electron chi connectivity index (χ3n) is 2.48. The van der Waals surface area contributed by atoms with Gasteiger partial charge in [-0.2, -0.15) is 0 Å². The Morgan fingerprint density at radius 3 is 2.50 bits per heavy atom. The van der Waals surface area contributed by atoms with Crippen molar-refractivity contribution in [3.8, 4) is 0 Å². The summed E-state index contributed by atoms with van der Waals surface area (Å²) in [5.41, 5.74) is 1.12. The lowest BCUT2D eigenvalue weighted by Crippen LogP contribution is -2.25. The Labute approximate surface area is 108 Å². The number of carbonyl (C=O) groups excluding carboxylic acids is 2. The van der Waals surface area contributed by atoms with Gasteiger partial charge in [-0.25, -0.2) is 4.79 Å². The van der Waals surface area contributed by atoms with Gasteiger partial charge in [-0.3, -0.25) is 4.79 Å². The van der Waals surface area contributed by atoms with Crippen molar-refractivity contribution in [3.63, 3.8) is 0 Å². The van der Waals surface area contributed by atoms with E-state index in [9.17, 15) is 9.59 Å². The van der Waals surface area contributed by atoms with Gasteiger partial charge in [0.05, 0.1) is 12.7 Å². The van der Waals surface area contributed by atoms with E-state index in [-0.39, 0.29) is 11.9 Å². The van der Waals surface area contributed by atoms with Crippen molar-refractivity contribution in [2.75, 3.05) is 27.0 Å². The fourth-order valence-electron chi connectivity index (χ4n) is 1.59. The van der Waals surface area contributed by atoms with E-state index in [1.54, 1.807) is 18.2 Å². The topological polar surface area (TPSA) is 55.4 Å². The number of hydrogen-bond acceptors (Lipinski definition) is 3. The number of esters is 1. The summed E-state index contributed by atoms with van der Waals surface area (Å²) in [5.74, 6) is -0.476. The summed E-state index contributed by atoms with van der Waals surface area (Å²) in [7, 11) is 0.873. The van der Waals surface area contributed by atoms with Crippen LogP contribution in [0.3, 0.4) is 0 Å². The standard InChI is InChI=1S/C13H18NO3P/c1-5-14-12(15)9-6-7-10(13(16)17-2)11(8-9)18(3)4/h6-8H,5H2,1-4H3,(H,14,15). The normalized spacial score (nSPS) is 10.3. The summed E-state index contributed by atoms with van der Waals surface area (Å²) in [6.07, 6.45) is 0. The number of carbonyl (C=O) groups is 2. The molecule has 0 radical (unpaired) electrons. The van der Waals surface area contributed by atoms with Crippen molar-refractivity contribution in [1.29, 1.82) is 0 Å². The second-order valence-corrected chi connectivity index (χ2v) is 6.25. The minimum absolute atomic E-state index is 0.119. The number of amides is 1. The van der Waals surface area contributed by atoms with Crippen LogP contribution in [-0.4, -0.2) is 38.9 Å². The predicted octanol–water partition coefficient (Wildman–Crippen LogP) is 1.59. The number of rotatable bonds is 4. The average Bonchev–Trinajstić information content (AvgIpc) is 2.37. The molecule has 1 rings (SSSR count). The lowest BCUT2D eigenvalue weighted by atomic mass is 10.1. The van der Waals surface area contributed by atoms with Gasteiger partial charge in [0.2, 0.25) is 0 Å². The molecule has 0 unspecified atom stereocenters. The van der Waals surface area contributed by atoms with Crippen LogP contribution in [0.2, 0.25) is 0 Å². The maximum absolute atomic E-state index is 11.8. The van der Waals surface area contributed by atoms with E-state index < -0.39 is 7.92 Å². The molecule has 0 bridgehead atoms. The first-order valence-corrected chi connectivity index (χ1v) is 7.92. The summed E-state index contributed by atoms with van der Waals surface area (Å²) in [5, 5.41) is 3.63. The van der Waals surface area contributed by atoms with Crippen molar-refractivity contribution in [3.05, 3.63) is 29.3 Å². The average molecular weight is 267 g/mol. The van der Waals surface area contributed by atoms with Crippen LogP contribution in [0, 0.1) is 0 Å². The number of benzene rings is 1. The zero-order valence-electron chi connectivity index (χ0n) is 11.1. The van der Waals surface area contributed by atoms with Crippen molar-refractivity contribution < 1.29 is 14.3 Å². The van der Waals surface area contributed by atoms with Crippen LogP contribution < -0.4 is 10.6 Å². The Bertz CT molecular complexity index is 458. The van der Waals surface area contributed by atoms with Crippen LogP contribution in [-0.2, 0) is 4.74 Å². The van der Waals surface area contributed by atoms with Gasteiger partial charge in [0.15, 0.2) is 0 Å². The van der Waals surface area contributed by atoms with Gasteiger partial charge in [0.1, 0.15) is 0 Å². The Morgan fingerprint density at radius 1 is 1.33 bits per heavy atom. The zero-order valence-corrected chi connectivity index (χ0v) is 12.0. The van der Waals surface area contributed by atoms with Crippen LogP contribution in [0.1, 0.15) is 27.6 Å². The largest absolute Gasteiger partial charge is 0.465 e.